The van der Waals surface area contributed by atoms with E-state index in [1.807, 2.05) is 24.3 Å². The van der Waals surface area contributed by atoms with Crippen molar-refractivity contribution in [3.8, 4) is 44.9 Å². The fraction of sp³-hybridized carbons (Fsp3) is 0.429. The van der Waals surface area contributed by atoms with Crippen molar-refractivity contribution in [2.45, 2.75) is 131 Å². The molecule has 0 atom stereocenters. The van der Waals surface area contributed by atoms with Crippen molar-refractivity contribution in [3.63, 3.8) is 0 Å². The number of ether oxygens (including phenoxy) is 2. The SMILES string of the molecule is C1CCOC1.C1CCOC1.CC(C)c1cccc(C(C)C)c1-c1cc2ccccc2c(-c2c(O)c(-c3c(C(C)C)cccc3C(C)C)cc3ccccc23)c1O.C[Si](C)[N-][Si](C)C.[Y]. The molecule has 2 fully saturated rings. The van der Waals surface area contributed by atoms with E-state index in [0.717, 1.165) is 70.2 Å². The second kappa shape index (κ2) is 25.7. The molecule has 2 aliphatic rings. The van der Waals surface area contributed by atoms with Crippen molar-refractivity contribution < 1.29 is 52.4 Å². The number of nitrogens with zero attached hydrogens (tertiary/aromatic N) is 1. The van der Waals surface area contributed by atoms with Crippen LogP contribution in [0.4, 0.5) is 0 Å². The molecule has 8 heteroatoms. The molecule has 0 saturated carbocycles. The van der Waals surface area contributed by atoms with E-state index in [4.69, 9.17) is 9.47 Å². The van der Waals surface area contributed by atoms with Gasteiger partial charge in [0.1, 0.15) is 11.5 Å². The number of hydrogen-bond donors (Lipinski definition) is 2. The van der Waals surface area contributed by atoms with Crippen LogP contribution in [0.1, 0.15) is 127 Å². The van der Waals surface area contributed by atoms with Crippen LogP contribution in [0.3, 0.4) is 0 Å². The molecule has 339 valence electrons. The van der Waals surface area contributed by atoms with Crippen LogP contribution in [0.25, 0.3) is 59.6 Å². The van der Waals surface area contributed by atoms with Crippen molar-refractivity contribution in [3.05, 3.63) is 124 Å². The monoisotopic (exact) mass is 969 g/mol. The first kappa shape index (κ1) is 53.5. The van der Waals surface area contributed by atoms with Crippen LogP contribution in [-0.4, -0.2) is 54.6 Å². The number of rotatable bonds is 9. The van der Waals surface area contributed by atoms with Crippen molar-refractivity contribution in [2.24, 2.45) is 0 Å². The van der Waals surface area contributed by atoms with Crippen LogP contribution < -0.4 is 0 Å². The van der Waals surface area contributed by atoms with Gasteiger partial charge in [-0.25, -0.2) is 0 Å². The van der Waals surface area contributed by atoms with Crippen molar-refractivity contribution >= 4 is 39.5 Å². The number of phenolic OH excluding ortho intramolecular Hbond substituents is 2. The average molecular weight is 970 g/mol. The molecule has 64 heavy (non-hydrogen) atoms. The zero-order valence-electron chi connectivity index (χ0n) is 40.9. The molecule has 0 aromatic heterocycles. The Morgan fingerprint density at radius 2 is 0.734 bits per heavy atom. The summed E-state index contributed by atoms with van der Waals surface area (Å²) in [6.07, 6.45) is 5.11. The van der Waals surface area contributed by atoms with Crippen LogP contribution >= 0.6 is 0 Å². The van der Waals surface area contributed by atoms with Crippen LogP contribution in [0.15, 0.2) is 97.1 Å². The van der Waals surface area contributed by atoms with Crippen LogP contribution in [0, 0.1) is 0 Å². The van der Waals surface area contributed by atoms with E-state index in [1.54, 1.807) is 0 Å². The predicted octanol–water partition coefficient (Wildman–Crippen LogP) is 16.4. The second-order valence-electron chi connectivity index (χ2n) is 18.6. The zero-order valence-corrected chi connectivity index (χ0v) is 45.8. The summed E-state index contributed by atoms with van der Waals surface area (Å²) in [5.41, 5.74) is 9.96. The number of aromatic hydroxyl groups is 2. The molecule has 2 heterocycles. The molecule has 0 aliphatic carbocycles. The van der Waals surface area contributed by atoms with Gasteiger partial charge in [0, 0.05) is 81.4 Å². The molecule has 6 aromatic carbocycles. The van der Waals surface area contributed by atoms with Crippen molar-refractivity contribution in [1.82, 2.24) is 0 Å². The molecule has 6 aromatic rings. The predicted molar refractivity (Wildman–Crippen MR) is 276 cm³/mol. The van der Waals surface area contributed by atoms with Gasteiger partial charge in [-0.05, 0) is 116 Å². The van der Waals surface area contributed by atoms with E-state index in [9.17, 15) is 10.2 Å². The van der Waals surface area contributed by atoms with Gasteiger partial charge in [-0.2, -0.15) is 0 Å². The van der Waals surface area contributed by atoms with Gasteiger partial charge < -0.3 is 24.3 Å². The summed E-state index contributed by atoms with van der Waals surface area (Å²) in [6.45, 7) is 30.6. The molecule has 0 amide bonds. The Bertz CT molecular complexity index is 2170. The summed E-state index contributed by atoms with van der Waals surface area (Å²) in [5.74, 6) is 1.47. The van der Waals surface area contributed by atoms with Gasteiger partial charge in [0.2, 0.25) is 0 Å². The number of benzene rings is 6. The molecule has 0 unspecified atom stereocenters. The van der Waals surface area contributed by atoms with Crippen molar-refractivity contribution in [2.75, 3.05) is 26.4 Å². The standard InChI is InChI=1S/C44H46O2.C4H12NSi2.2C4H8O.Y/c1-25(2)31-19-13-20-32(26(3)4)39(31)37-23-29-15-9-11-17-35(29)41(43(37)45)42-36-18-12-10-16-30(36)24-38(44(42)46)40-33(27(5)6)21-14-22-34(40)28(7)8;1-6(2)5-7(3)4;2*1-2-4-5-3-1;/h9-28,45-46H,1-8H3;1-4H3;2*1-4H2;/q;-1;;;. The number of phenols is 2. The summed E-state index contributed by atoms with van der Waals surface area (Å²) < 4.78 is 14.4. The van der Waals surface area contributed by atoms with Gasteiger partial charge >= 0.3 is 0 Å². The minimum absolute atomic E-state index is 0. The number of hydrogen-bond acceptors (Lipinski definition) is 4. The first-order valence-electron chi connectivity index (χ1n) is 23.4. The largest absolute Gasteiger partial charge is 0.673 e. The van der Waals surface area contributed by atoms with Gasteiger partial charge in [0.15, 0.2) is 0 Å². The fourth-order valence-corrected chi connectivity index (χ4v) is 12.3. The summed E-state index contributed by atoms with van der Waals surface area (Å²) in [5, 5.41) is 29.1. The van der Waals surface area contributed by atoms with Gasteiger partial charge in [0.25, 0.3) is 0 Å². The normalized spacial score (nSPS) is 13.6. The van der Waals surface area contributed by atoms with Gasteiger partial charge in [-0.3, -0.25) is 0 Å². The van der Waals surface area contributed by atoms with E-state index in [1.165, 1.54) is 47.9 Å². The summed E-state index contributed by atoms with van der Waals surface area (Å²) >= 11 is 0. The summed E-state index contributed by atoms with van der Waals surface area (Å²) in [7, 11) is -0.528. The zero-order chi connectivity index (χ0) is 45.8. The molecule has 5 nitrogen and oxygen atoms in total. The molecule has 0 spiro atoms. The topological polar surface area (TPSA) is 73.0 Å². The van der Waals surface area contributed by atoms with E-state index in [0.29, 0.717) is 11.1 Å². The van der Waals surface area contributed by atoms with Crippen LogP contribution in [0.5, 0.6) is 11.5 Å². The molecule has 2 saturated heterocycles. The third-order valence-corrected chi connectivity index (χ3v) is 15.3. The molecule has 2 aliphatic heterocycles. The van der Waals surface area contributed by atoms with Crippen LogP contribution in [-0.2, 0) is 42.2 Å². The Morgan fingerprint density at radius 1 is 0.438 bits per heavy atom. The molecule has 2 N–H and O–H groups in total. The Balaban J connectivity index is 0.000000416. The minimum Gasteiger partial charge on any atom is -0.673 e. The van der Waals surface area contributed by atoms with E-state index >= 15 is 0 Å². The molecule has 8 rings (SSSR count). The summed E-state index contributed by atoms with van der Waals surface area (Å²) in [6, 6.07) is 33.8. The van der Waals surface area contributed by atoms with E-state index in [2.05, 4.69) is 159 Å². The smallest absolute Gasteiger partial charge is 0.132 e. The maximum absolute atomic E-state index is 12.6. The first-order valence-corrected chi connectivity index (χ1v) is 28.3. The van der Waals surface area contributed by atoms with E-state index in [-0.39, 0.29) is 85.8 Å². The first-order chi connectivity index (χ1) is 30.1. The quantitative estimate of drug-likeness (QED) is 0.142. The van der Waals surface area contributed by atoms with Gasteiger partial charge in [-0.1, -0.05) is 184 Å². The fourth-order valence-electron chi connectivity index (χ4n) is 8.75. The molecule has 0 bridgehead atoms. The van der Waals surface area contributed by atoms with Crippen LogP contribution in [0.2, 0.25) is 26.2 Å². The van der Waals surface area contributed by atoms with Crippen molar-refractivity contribution in [1.29, 1.82) is 0 Å². The molecular formula is C56H74NO4Si2Y-. The van der Waals surface area contributed by atoms with E-state index < -0.39 is 0 Å². The second-order valence-corrected chi connectivity index (χ2v) is 23.3. The Labute approximate surface area is 415 Å². The Kier molecular flexibility index (Phi) is 21.5. The average Bonchev–Trinajstić information content (AvgIpc) is 4.04. The third-order valence-electron chi connectivity index (χ3n) is 11.7. The number of fused-ring (bicyclic) bond motifs is 2. The maximum Gasteiger partial charge on any atom is 0.132 e. The third kappa shape index (κ3) is 13.5. The van der Waals surface area contributed by atoms with Gasteiger partial charge in [0.05, 0.1) is 0 Å². The Hall–Kier alpha value is -3.14. The summed E-state index contributed by atoms with van der Waals surface area (Å²) in [4.78, 5) is 0. The minimum atomic E-state index is -0.264. The maximum atomic E-state index is 12.6. The molecule has 3 radical (unpaired) electrons. The van der Waals surface area contributed by atoms with Gasteiger partial charge in [-0.15, -0.1) is 0 Å². The molecular weight excluding hydrogens is 896 g/mol. The Morgan fingerprint density at radius 3 is 0.969 bits per heavy atom.